The van der Waals surface area contributed by atoms with Gasteiger partial charge in [-0.2, -0.15) is 0 Å². The number of para-hydroxylation sites is 2. The van der Waals surface area contributed by atoms with E-state index in [-0.39, 0.29) is 5.78 Å². The topological polar surface area (TPSA) is 64.3 Å². The van der Waals surface area contributed by atoms with E-state index in [0.717, 1.165) is 11.3 Å². The van der Waals surface area contributed by atoms with Gasteiger partial charge in [-0.25, -0.2) is 0 Å². The van der Waals surface area contributed by atoms with Crippen LogP contribution in [0.15, 0.2) is 109 Å². The number of hydrogen-bond donors (Lipinski definition) is 2. The molecule has 3 aromatic rings. The summed E-state index contributed by atoms with van der Waals surface area (Å²) in [6.07, 6.45) is 6.17. The van der Waals surface area contributed by atoms with Crippen molar-refractivity contribution in [2.75, 3.05) is 11.1 Å². The fourth-order valence-corrected chi connectivity index (χ4v) is 3.41. The van der Waals surface area contributed by atoms with Crippen molar-refractivity contribution >= 4 is 17.2 Å². The van der Waals surface area contributed by atoms with Gasteiger partial charge in [-0.15, -0.1) is 0 Å². The molecule has 4 heteroatoms. The minimum Gasteiger partial charge on any atom is -0.397 e. The van der Waals surface area contributed by atoms with Crippen molar-refractivity contribution in [2.24, 2.45) is 0 Å². The summed E-state index contributed by atoms with van der Waals surface area (Å²) in [5.41, 5.74) is 9.18. The first-order valence-electron chi connectivity index (χ1n) is 9.95. The van der Waals surface area contributed by atoms with Gasteiger partial charge in [-0.1, -0.05) is 84.9 Å². The van der Waals surface area contributed by atoms with Gasteiger partial charge in [0.05, 0.1) is 18.0 Å². The van der Waals surface area contributed by atoms with Crippen LogP contribution in [0.3, 0.4) is 0 Å². The Balaban J connectivity index is 1.57. The molecule has 0 saturated carbocycles. The molecule has 30 heavy (non-hydrogen) atoms. The average molecular weight is 396 g/mol. The third kappa shape index (κ3) is 4.50. The van der Waals surface area contributed by atoms with Crippen LogP contribution in [0.2, 0.25) is 0 Å². The summed E-state index contributed by atoms with van der Waals surface area (Å²) in [5, 5.41) is 3.44. The number of Topliss-reactive ketones (excluding diaryl/α,β-unsaturated/α-hetero) is 1. The maximum absolute atomic E-state index is 12.8. The van der Waals surface area contributed by atoms with Crippen molar-refractivity contribution in [1.82, 2.24) is 0 Å². The van der Waals surface area contributed by atoms with Crippen LogP contribution in [-0.2, 0) is 11.3 Å². The molecule has 3 aromatic carbocycles. The quantitative estimate of drug-likeness (QED) is 0.320. The zero-order chi connectivity index (χ0) is 20.8. The van der Waals surface area contributed by atoms with Crippen molar-refractivity contribution in [3.8, 4) is 0 Å². The van der Waals surface area contributed by atoms with Gasteiger partial charge in [-0.3, -0.25) is 4.79 Å². The van der Waals surface area contributed by atoms with Crippen LogP contribution in [-0.4, -0.2) is 11.5 Å². The van der Waals surface area contributed by atoms with Crippen LogP contribution in [0.25, 0.3) is 0 Å². The molecule has 3 N–H and O–H groups in total. The fourth-order valence-electron chi connectivity index (χ4n) is 3.41. The molecule has 0 aliphatic heterocycles. The van der Waals surface area contributed by atoms with Crippen LogP contribution in [0.5, 0.6) is 0 Å². The molecule has 0 saturated heterocycles. The third-order valence-corrected chi connectivity index (χ3v) is 5.10. The van der Waals surface area contributed by atoms with Gasteiger partial charge < -0.3 is 15.8 Å². The summed E-state index contributed by atoms with van der Waals surface area (Å²) in [4.78, 5) is 12.8. The molecule has 0 spiro atoms. The number of allylic oxidation sites excluding steroid dienone is 2. The Morgan fingerprint density at radius 3 is 2.27 bits per heavy atom. The number of rotatable bonds is 7. The molecular formula is C26H24N2O2. The van der Waals surface area contributed by atoms with Crippen molar-refractivity contribution < 1.29 is 9.53 Å². The number of nitrogens with two attached hydrogens (primary N) is 1. The van der Waals surface area contributed by atoms with Crippen molar-refractivity contribution in [3.05, 3.63) is 120 Å². The smallest absolute Gasteiger partial charge is 0.192 e. The van der Waals surface area contributed by atoms with E-state index in [1.54, 1.807) is 0 Å². The van der Waals surface area contributed by atoms with E-state index in [1.807, 2.05) is 103 Å². The highest BCUT2D eigenvalue weighted by molar-refractivity contribution is 6.10. The zero-order valence-electron chi connectivity index (χ0n) is 16.6. The first kappa shape index (κ1) is 19.7. The zero-order valence-corrected chi connectivity index (χ0v) is 16.6. The standard InChI is InChI=1S/C26H24N2O2/c27-23-13-7-8-14-24(23)28-26(30-19-20-9-3-1-4-10-20)17-15-22(16-18-26)25(29)21-11-5-2-6-12-21/h1-17,28H,18-19,27H2. The molecule has 4 rings (SSSR count). The summed E-state index contributed by atoms with van der Waals surface area (Å²) in [7, 11) is 0. The van der Waals surface area contributed by atoms with Crippen molar-refractivity contribution in [3.63, 3.8) is 0 Å². The van der Waals surface area contributed by atoms with Crippen LogP contribution < -0.4 is 11.1 Å². The van der Waals surface area contributed by atoms with E-state index in [0.29, 0.717) is 29.9 Å². The molecule has 1 unspecified atom stereocenters. The highest BCUT2D eigenvalue weighted by atomic mass is 16.5. The number of nitrogen functional groups attached to an aromatic ring is 1. The van der Waals surface area contributed by atoms with Gasteiger partial charge in [-0.05, 0) is 23.8 Å². The predicted octanol–water partition coefficient (Wildman–Crippen LogP) is 5.36. The number of anilines is 2. The number of ketones is 1. The Hall–Kier alpha value is -3.63. The second kappa shape index (κ2) is 8.80. The molecule has 4 nitrogen and oxygen atoms in total. The van der Waals surface area contributed by atoms with Gasteiger partial charge in [0.25, 0.3) is 0 Å². The normalized spacial score (nSPS) is 17.9. The lowest BCUT2D eigenvalue weighted by Crippen LogP contribution is -2.40. The molecule has 0 heterocycles. The van der Waals surface area contributed by atoms with Crippen LogP contribution >= 0.6 is 0 Å². The number of benzene rings is 3. The number of hydrogen-bond acceptors (Lipinski definition) is 4. The SMILES string of the molecule is Nc1ccccc1NC1(OCc2ccccc2)C=CC(C(=O)c2ccccc2)=CC1. The maximum atomic E-state index is 12.8. The Morgan fingerprint density at radius 1 is 0.933 bits per heavy atom. The van der Waals surface area contributed by atoms with Gasteiger partial charge in [0.15, 0.2) is 11.5 Å². The molecule has 0 fully saturated rings. The maximum Gasteiger partial charge on any atom is 0.192 e. The Labute approximate surface area is 176 Å². The predicted molar refractivity (Wildman–Crippen MR) is 121 cm³/mol. The summed E-state index contributed by atoms with van der Waals surface area (Å²) in [6, 6.07) is 26.9. The Kier molecular flexibility index (Phi) is 5.77. The first-order valence-corrected chi connectivity index (χ1v) is 9.95. The lowest BCUT2D eigenvalue weighted by molar-refractivity contribution is 0.00158. The molecule has 0 bridgehead atoms. The van der Waals surface area contributed by atoms with Crippen molar-refractivity contribution in [2.45, 2.75) is 18.8 Å². The van der Waals surface area contributed by atoms with Crippen LogP contribution in [0.1, 0.15) is 22.3 Å². The van der Waals surface area contributed by atoms with E-state index in [2.05, 4.69) is 5.32 Å². The van der Waals surface area contributed by atoms with Gasteiger partial charge in [0, 0.05) is 17.6 Å². The lowest BCUT2D eigenvalue weighted by atomic mass is 9.93. The largest absolute Gasteiger partial charge is 0.397 e. The van der Waals surface area contributed by atoms with Gasteiger partial charge in [0.2, 0.25) is 0 Å². The van der Waals surface area contributed by atoms with Crippen LogP contribution in [0, 0.1) is 0 Å². The molecule has 1 aliphatic rings. The summed E-state index contributed by atoms with van der Waals surface area (Å²) >= 11 is 0. The highest BCUT2D eigenvalue weighted by Crippen LogP contribution is 2.31. The van der Waals surface area contributed by atoms with E-state index < -0.39 is 5.72 Å². The minimum atomic E-state index is -0.800. The summed E-state index contributed by atoms with van der Waals surface area (Å²) < 4.78 is 6.34. The second-order valence-corrected chi connectivity index (χ2v) is 7.27. The molecule has 0 radical (unpaired) electrons. The number of nitrogens with one attached hydrogen (secondary N) is 1. The number of ether oxygens (including phenoxy) is 1. The molecule has 0 aromatic heterocycles. The summed E-state index contributed by atoms with van der Waals surface area (Å²) in [5.74, 6) is 0.00253. The van der Waals surface area contributed by atoms with Crippen LogP contribution in [0.4, 0.5) is 11.4 Å². The third-order valence-electron chi connectivity index (χ3n) is 5.10. The van der Waals surface area contributed by atoms with E-state index in [9.17, 15) is 4.79 Å². The minimum absolute atomic E-state index is 0.00253. The summed E-state index contributed by atoms with van der Waals surface area (Å²) in [6.45, 7) is 0.431. The van der Waals surface area contributed by atoms with E-state index >= 15 is 0 Å². The molecule has 1 atom stereocenters. The molecule has 150 valence electrons. The average Bonchev–Trinajstić information content (AvgIpc) is 2.81. The fraction of sp³-hybridized carbons (Fsp3) is 0.115. The highest BCUT2D eigenvalue weighted by Gasteiger charge is 2.31. The Morgan fingerprint density at radius 2 is 1.60 bits per heavy atom. The lowest BCUT2D eigenvalue weighted by Gasteiger charge is -2.34. The van der Waals surface area contributed by atoms with E-state index in [4.69, 9.17) is 10.5 Å². The van der Waals surface area contributed by atoms with E-state index in [1.165, 1.54) is 0 Å². The molecular weight excluding hydrogens is 372 g/mol. The molecule has 0 amide bonds. The molecule has 1 aliphatic carbocycles. The van der Waals surface area contributed by atoms with Crippen molar-refractivity contribution in [1.29, 1.82) is 0 Å². The van der Waals surface area contributed by atoms with Gasteiger partial charge in [0.1, 0.15) is 0 Å². The van der Waals surface area contributed by atoms with Gasteiger partial charge >= 0.3 is 0 Å². The Bertz CT molecular complexity index is 1070. The second-order valence-electron chi connectivity index (χ2n) is 7.27. The number of carbonyl (C=O) groups excluding carboxylic acids is 1. The monoisotopic (exact) mass is 396 g/mol. The first-order chi connectivity index (χ1) is 14.7. The number of carbonyl (C=O) groups is 1.